The maximum absolute atomic E-state index is 10.9. The molecule has 766 valence electrons. The molecule has 0 heterocycles. The monoisotopic (exact) mass is 1980 g/mol. The smallest absolute Gasteiger partial charge is 0.335 e. The van der Waals surface area contributed by atoms with Crippen LogP contribution >= 0.6 is 0 Å². The van der Waals surface area contributed by atoms with Crippen LogP contribution in [0.3, 0.4) is 0 Å². The van der Waals surface area contributed by atoms with Crippen LogP contribution in [0.1, 0.15) is 207 Å². The number of nitrogens with one attached hydrogen (secondary N) is 6. The minimum atomic E-state index is -3.60. The number of unbranched alkanes of at least 4 members (excludes halogenated alkanes) is 1. The third-order valence-corrected chi connectivity index (χ3v) is 15.9. The molecule has 5 rings (SSSR count). The number of primary sulfonamides is 2. The van der Waals surface area contributed by atoms with Crippen LogP contribution in [0.2, 0.25) is 0 Å². The van der Waals surface area contributed by atoms with Crippen molar-refractivity contribution >= 4 is 150 Å². The Hall–Kier alpha value is -14.8. The van der Waals surface area contributed by atoms with Gasteiger partial charge in [0.05, 0.1) is 110 Å². The number of carbonyl (C=O) groups is 19. The molecule has 0 unspecified atom stereocenters. The summed E-state index contributed by atoms with van der Waals surface area (Å²) in [6.45, 7) is 8.30. The van der Waals surface area contributed by atoms with Gasteiger partial charge in [-0.25, -0.2) is 51.1 Å². The van der Waals surface area contributed by atoms with Crippen LogP contribution in [0.4, 0.5) is 17.1 Å². The van der Waals surface area contributed by atoms with Crippen LogP contribution in [0.25, 0.3) is 0 Å². The zero-order valence-electron chi connectivity index (χ0n) is 71.8. The average molecular weight is 1980 g/mol. The number of aliphatic hydroxyl groups excluding tert-OH is 1. The number of rotatable bonds is 49. The Balaban J connectivity index is -0.000000161. The molecule has 0 atom stereocenters. The number of nitrogen functional groups attached to an aromatic ring is 1. The number of aryl methyl sites for hydroxylation is 2. The Kier molecular flexibility index (Phi) is 88.0. The van der Waals surface area contributed by atoms with E-state index in [0.29, 0.717) is 61.4 Å². The summed E-state index contributed by atoms with van der Waals surface area (Å²) < 4.78 is 40.7. The van der Waals surface area contributed by atoms with E-state index >= 15 is 0 Å². The molecule has 0 aromatic heterocycles. The number of Topliss-reactive ketones (excluding diaryl/α,β-unsaturated/α-hetero) is 3. The molecule has 0 spiro atoms. The van der Waals surface area contributed by atoms with Crippen LogP contribution < -0.4 is 47.9 Å². The number of benzene rings is 5. The molecule has 0 aliphatic heterocycles. The van der Waals surface area contributed by atoms with Gasteiger partial charge in [0.25, 0.3) is 0 Å². The minimum absolute atomic E-state index is 0. The molecule has 0 saturated carbocycles. The number of hydrogen-bond donors (Lipinski definition) is 26. The fourth-order valence-corrected chi connectivity index (χ4v) is 9.06. The Morgan fingerprint density at radius 1 is 0.287 bits per heavy atom. The number of anilines is 3. The van der Waals surface area contributed by atoms with Crippen molar-refractivity contribution in [2.75, 3.05) is 93.3 Å². The van der Waals surface area contributed by atoms with Crippen molar-refractivity contribution in [3.8, 4) is 0 Å². The van der Waals surface area contributed by atoms with Crippen LogP contribution in [-0.4, -0.2) is 293 Å². The lowest BCUT2D eigenvalue weighted by molar-refractivity contribution is -0.138. The standard InChI is InChI=1S/C12H14O4.C12H14O3.C10H11NO4.C9H9NO4.C9H9NO3.C6H11NO4.2C5H9NO4.C5H11NO3S.C5H9NO3.C3H7NO4S.4CH4/c13-11(14)4-2-1-3-9-5-7-10(8-6-9)12(15)16;1-9(13)3-2-4-10-5-7-11(8-6-10)12(14)15;12-9(13)5-6-11-8-3-1-7(2-4-8)10(14)15;11-8(12)5-10-7-3-1-6(2-4-7)9(13)14;1-5(11)6-2-7(9(12)13)4-8(10)3-6;8-5(9)1-3-7-4-2-6(10)11;2*7-4(8)1-2-6-3-5(9)10;1-5(7)3-2-4-10(6,8)9;1-4(7)2-6-3-5(8)9;4-9(7,8)2-1-3(5)6;;;;/h5-8H,1-4H2,(H,13,14)(H,15,16);5-8H,2-4H2,1H3,(H,14,15);1-4,11H,5-6H2,(H,12,13)(H,14,15);1-4,10H,5H2,(H,11,12)(H,13,14);2-4H,10H2,1H3,(H,12,13);7H,1-4H2,(H,8,9)(H,10,11);2*6H,1-3H2,(H,7,8)(H,9,10);7H,1-4H2,(H2,6,8,9);6H,2-3H2,1H3,(H,8,9);1-2H2,(H,5,6)(H2,4,7,8);4*1H4. The van der Waals surface area contributed by atoms with Crippen molar-refractivity contribution in [2.24, 2.45) is 10.3 Å². The van der Waals surface area contributed by atoms with E-state index in [0.717, 1.165) is 36.8 Å². The van der Waals surface area contributed by atoms with Crippen molar-refractivity contribution in [3.63, 3.8) is 0 Å². The molecule has 0 bridgehead atoms. The molecule has 0 fully saturated rings. The summed E-state index contributed by atoms with van der Waals surface area (Å²) in [5, 5.41) is 166. The van der Waals surface area contributed by atoms with E-state index in [4.69, 9.17) is 92.5 Å². The highest BCUT2D eigenvalue weighted by Gasteiger charge is 2.12. The number of carboxylic acids is 16. The fraction of sp³-hybridized carbons (Fsp3) is 0.400. The SMILES string of the molecule is C.C.C.C.C=C(O)CCCS(N)(=O)=O.CC(=O)CCCc1ccc(C(=O)O)cc1.CC(=O)CNCC(=O)O.CC(=O)c1cc(N)cc(C(=O)O)c1.NS(=O)(=O)CCC(=O)O.O=C(O)CCCCc1ccc(C(=O)O)cc1.O=C(O)CCNCC(=O)O.O=C(O)CCNCC(=O)O.O=C(O)CCNCCC(=O)O.O=C(O)CCNc1ccc(C(=O)O)cc1.O=C(O)CNc1ccc(C(=O)O)cc1. The maximum Gasteiger partial charge on any atom is 0.335 e. The molecule has 0 radical (unpaired) electrons. The second kappa shape index (κ2) is 84.5. The molecule has 136 heavy (non-hydrogen) atoms. The Morgan fingerprint density at radius 3 is 0.875 bits per heavy atom. The number of carbonyl (C=O) groups excluding carboxylic acids is 3. The van der Waals surface area contributed by atoms with E-state index in [2.05, 4.69) is 48.8 Å². The summed E-state index contributed by atoms with van der Waals surface area (Å²) in [6.07, 6.45) is 4.82. The zero-order chi connectivity index (χ0) is 103. The summed E-state index contributed by atoms with van der Waals surface area (Å²) in [6, 6.07) is 29.5. The van der Waals surface area contributed by atoms with E-state index in [9.17, 15) is 108 Å². The summed E-state index contributed by atoms with van der Waals surface area (Å²) in [7, 11) is -6.97. The molecular weight excluding hydrogens is 1850 g/mol. The van der Waals surface area contributed by atoms with E-state index in [1.165, 1.54) is 68.4 Å². The number of nitrogens with two attached hydrogens (primary N) is 3. The lowest BCUT2D eigenvalue weighted by Gasteiger charge is -2.04. The number of carboxylic acid groups (broad SMARTS) is 16. The molecule has 5 aromatic carbocycles. The average Bonchev–Trinajstić information content (AvgIpc) is 0.855. The molecule has 0 amide bonds. The first-order valence-corrected chi connectivity index (χ1v) is 41.7. The molecule has 49 nitrogen and oxygen atoms in total. The van der Waals surface area contributed by atoms with Gasteiger partial charge in [-0.15, -0.1) is 0 Å². The van der Waals surface area contributed by atoms with Crippen molar-refractivity contribution in [3.05, 3.63) is 172 Å². The number of aliphatic carboxylic acids is 11. The summed E-state index contributed by atoms with van der Waals surface area (Å²) in [4.78, 5) is 194. The van der Waals surface area contributed by atoms with Gasteiger partial charge in [-0.2, -0.15) is 0 Å². The molecule has 5 aromatic rings. The molecule has 29 N–H and O–H groups in total. The number of hydrogen-bond acceptors (Lipinski definition) is 31. The first-order chi connectivity index (χ1) is 61.2. The van der Waals surface area contributed by atoms with Crippen molar-refractivity contribution in [1.29, 1.82) is 0 Å². The first-order valence-electron chi connectivity index (χ1n) is 38.2. The maximum atomic E-state index is 10.9. The second-order valence-corrected chi connectivity index (χ2v) is 29.6. The van der Waals surface area contributed by atoms with Gasteiger partial charge in [0.15, 0.2) is 5.78 Å². The third kappa shape index (κ3) is 105. The quantitative estimate of drug-likeness (QED) is 0.00883. The number of sulfonamides is 2. The molecule has 0 aliphatic carbocycles. The van der Waals surface area contributed by atoms with Crippen molar-refractivity contribution in [1.82, 2.24) is 21.3 Å². The lowest BCUT2D eigenvalue weighted by atomic mass is 10.1. The minimum Gasteiger partial charge on any atom is -0.513 e. The second-order valence-electron chi connectivity index (χ2n) is 26.2. The molecule has 0 saturated heterocycles. The highest BCUT2D eigenvalue weighted by atomic mass is 32.2. The van der Waals surface area contributed by atoms with E-state index in [-0.39, 0.29) is 177 Å². The van der Waals surface area contributed by atoms with Crippen molar-refractivity contribution < 1.29 is 195 Å². The summed E-state index contributed by atoms with van der Waals surface area (Å²) in [5.41, 5.74) is 10.4. The van der Waals surface area contributed by atoms with Crippen LogP contribution in [-0.2, 0) is 95.2 Å². The van der Waals surface area contributed by atoms with Crippen LogP contribution in [0.15, 0.2) is 128 Å². The Labute approximate surface area is 785 Å². The fourth-order valence-electron chi connectivity index (χ4n) is 8.06. The van der Waals surface area contributed by atoms with Crippen molar-refractivity contribution in [2.45, 2.75) is 147 Å². The largest absolute Gasteiger partial charge is 0.513 e. The topological polar surface area (TPSA) is 887 Å². The highest BCUT2D eigenvalue weighted by molar-refractivity contribution is 7.89. The number of allylic oxidation sites excluding steroid dienone is 1. The van der Waals surface area contributed by atoms with Gasteiger partial charge in [0.1, 0.15) is 18.1 Å². The van der Waals surface area contributed by atoms with Gasteiger partial charge in [-0.3, -0.25) is 62.3 Å². The van der Waals surface area contributed by atoms with Crippen LogP contribution in [0, 0.1) is 0 Å². The van der Waals surface area contributed by atoms with Crippen LogP contribution in [0.5, 0.6) is 0 Å². The predicted octanol–water partition coefficient (Wildman–Crippen LogP) is 6.27. The van der Waals surface area contributed by atoms with E-state index < -0.39 is 128 Å². The Bertz CT molecular complexity index is 4530. The summed E-state index contributed by atoms with van der Waals surface area (Å²) in [5.74, 6) is -15.9. The normalized spacial score (nSPS) is 9.51. The number of aliphatic hydroxyl groups is 1. The van der Waals surface area contributed by atoms with Gasteiger partial charge in [0.2, 0.25) is 20.0 Å². The van der Waals surface area contributed by atoms with Gasteiger partial charge >= 0.3 is 95.5 Å². The van der Waals surface area contributed by atoms with Gasteiger partial charge in [0, 0.05) is 74.6 Å². The zero-order valence-corrected chi connectivity index (χ0v) is 73.4. The molecular formula is C85H129N9O40S2. The van der Waals surface area contributed by atoms with Gasteiger partial charge in [-0.1, -0.05) is 60.6 Å². The molecule has 51 heteroatoms. The Morgan fingerprint density at radius 2 is 0.588 bits per heavy atom. The number of aromatic carboxylic acids is 5. The van der Waals surface area contributed by atoms with Gasteiger partial charge in [-0.05, 0) is 161 Å². The molecule has 0 aliphatic rings. The highest BCUT2D eigenvalue weighted by Crippen LogP contribution is 2.15. The summed E-state index contributed by atoms with van der Waals surface area (Å²) >= 11 is 0. The first kappa shape index (κ1) is 142. The lowest BCUT2D eigenvalue weighted by Crippen LogP contribution is -2.26. The van der Waals surface area contributed by atoms with E-state index in [1.807, 2.05) is 0 Å². The van der Waals surface area contributed by atoms with Gasteiger partial charge < -0.3 is 129 Å². The third-order valence-electron chi connectivity index (χ3n) is 14.2. The van der Waals surface area contributed by atoms with E-state index in [1.54, 1.807) is 67.6 Å². The predicted molar refractivity (Wildman–Crippen MR) is 497 cm³/mol. The number of ketones is 3.